The number of hydrogen-bond donors (Lipinski definition) is 1. The number of tetrazole rings is 1. The first kappa shape index (κ1) is 16.6. The molecule has 1 N–H and O–H groups in total. The number of hydrogen-bond acceptors (Lipinski definition) is 7. The van der Waals surface area contributed by atoms with Crippen molar-refractivity contribution in [2.45, 2.75) is 25.8 Å². The zero-order chi connectivity index (χ0) is 17.8. The summed E-state index contributed by atoms with van der Waals surface area (Å²) < 4.78 is 1.49. The molecule has 0 unspecified atom stereocenters. The lowest BCUT2D eigenvalue weighted by Gasteiger charge is -2.29. The molecule has 0 spiro atoms. The van der Waals surface area contributed by atoms with Crippen LogP contribution in [0, 0.1) is 0 Å². The molecule has 4 rings (SSSR count). The van der Waals surface area contributed by atoms with Gasteiger partial charge in [-0.25, -0.2) is 4.98 Å². The van der Waals surface area contributed by atoms with Crippen LogP contribution in [0.15, 0.2) is 36.1 Å². The fourth-order valence-corrected chi connectivity index (χ4v) is 3.93. The van der Waals surface area contributed by atoms with Crippen LogP contribution in [0.3, 0.4) is 0 Å². The Bertz CT molecular complexity index is 871. The van der Waals surface area contributed by atoms with Gasteiger partial charge in [-0.3, -0.25) is 4.79 Å². The Morgan fingerprint density at radius 1 is 1.23 bits per heavy atom. The van der Waals surface area contributed by atoms with E-state index < -0.39 is 0 Å². The number of piperidine rings is 1. The summed E-state index contributed by atoms with van der Waals surface area (Å²) in [7, 11) is 0. The zero-order valence-electron chi connectivity index (χ0n) is 14.2. The van der Waals surface area contributed by atoms with Crippen LogP contribution >= 0.6 is 11.3 Å². The van der Waals surface area contributed by atoms with E-state index in [2.05, 4.69) is 30.7 Å². The van der Waals surface area contributed by atoms with Crippen molar-refractivity contribution < 1.29 is 4.79 Å². The summed E-state index contributed by atoms with van der Waals surface area (Å²) in [4.78, 5) is 20.1. The number of pyridine rings is 1. The summed E-state index contributed by atoms with van der Waals surface area (Å²) in [6, 6.07) is 5.76. The maximum Gasteiger partial charge on any atom is 0.263 e. The first-order valence-corrected chi connectivity index (χ1v) is 9.49. The van der Waals surface area contributed by atoms with Gasteiger partial charge in [0.2, 0.25) is 0 Å². The van der Waals surface area contributed by atoms with Crippen molar-refractivity contribution in [2.24, 2.45) is 0 Å². The second-order valence-electron chi connectivity index (χ2n) is 6.11. The summed E-state index contributed by atoms with van der Waals surface area (Å²) in [5.41, 5.74) is 1.71. The highest BCUT2D eigenvalue weighted by atomic mass is 32.1. The maximum absolute atomic E-state index is 12.7. The third kappa shape index (κ3) is 3.43. The minimum atomic E-state index is -0.140. The van der Waals surface area contributed by atoms with Gasteiger partial charge in [0.25, 0.3) is 5.91 Å². The van der Waals surface area contributed by atoms with E-state index >= 15 is 0 Å². The number of aromatic nitrogens is 5. The SMILES string of the molecule is O=C(NCc1cccnc1N1CCCCC1)c1sccc1-n1cnnn1. The van der Waals surface area contributed by atoms with E-state index in [-0.39, 0.29) is 5.91 Å². The second kappa shape index (κ2) is 7.61. The monoisotopic (exact) mass is 369 g/mol. The van der Waals surface area contributed by atoms with E-state index in [4.69, 9.17) is 0 Å². The number of carbonyl (C=O) groups excluding carboxylic acids is 1. The number of rotatable bonds is 5. The number of nitrogens with one attached hydrogen (secondary N) is 1. The summed E-state index contributed by atoms with van der Waals surface area (Å²) in [6.07, 6.45) is 6.94. The number of anilines is 1. The highest BCUT2D eigenvalue weighted by Gasteiger charge is 2.18. The summed E-state index contributed by atoms with van der Waals surface area (Å²) >= 11 is 1.37. The molecular weight excluding hydrogens is 350 g/mol. The molecule has 0 bridgehead atoms. The largest absolute Gasteiger partial charge is 0.356 e. The molecule has 3 aromatic heterocycles. The van der Waals surface area contributed by atoms with Crippen LogP contribution in [0.25, 0.3) is 5.69 Å². The molecule has 0 atom stereocenters. The molecule has 1 fully saturated rings. The molecule has 1 aliphatic heterocycles. The molecule has 0 aromatic carbocycles. The molecule has 9 heteroatoms. The van der Waals surface area contributed by atoms with Crippen molar-refractivity contribution in [3.8, 4) is 5.69 Å². The van der Waals surface area contributed by atoms with Crippen molar-refractivity contribution in [3.63, 3.8) is 0 Å². The lowest BCUT2D eigenvalue weighted by Crippen LogP contribution is -2.32. The quantitative estimate of drug-likeness (QED) is 0.740. The summed E-state index contributed by atoms with van der Waals surface area (Å²) in [5.74, 6) is 0.832. The predicted octanol–water partition coefficient (Wildman–Crippen LogP) is 2.04. The van der Waals surface area contributed by atoms with Gasteiger partial charge < -0.3 is 10.2 Å². The van der Waals surface area contributed by atoms with Gasteiger partial charge in [-0.2, -0.15) is 4.68 Å². The first-order valence-electron chi connectivity index (χ1n) is 8.61. The van der Waals surface area contributed by atoms with E-state index in [1.807, 2.05) is 29.8 Å². The smallest absolute Gasteiger partial charge is 0.263 e. The third-order valence-electron chi connectivity index (χ3n) is 4.41. The molecule has 8 nitrogen and oxygen atoms in total. The van der Waals surface area contributed by atoms with E-state index in [0.29, 0.717) is 17.1 Å². The Morgan fingerprint density at radius 2 is 2.12 bits per heavy atom. The molecule has 0 radical (unpaired) electrons. The van der Waals surface area contributed by atoms with Crippen molar-refractivity contribution in [1.29, 1.82) is 0 Å². The topological polar surface area (TPSA) is 88.8 Å². The highest BCUT2D eigenvalue weighted by Crippen LogP contribution is 2.23. The molecule has 4 heterocycles. The minimum Gasteiger partial charge on any atom is -0.356 e. The van der Waals surface area contributed by atoms with Crippen LogP contribution in [0.1, 0.15) is 34.5 Å². The van der Waals surface area contributed by atoms with E-state index in [9.17, 15) is 4.79 Å². The van der Waals surface area contributed by atoms with Gasteiger partial charge in [-0.05, 0) is 47.2 Å². The first-order chi connectivity index (χ1) is 12.8. The van der Waals surface area contributed by atoms with Crippen LogP contribution in [0.5, 0.6) is 0 Å². The lowest BCUT2D eigenvalue weighted by atomic mass is 10.1. The molecule has 3 aromatic rings. The van der Waals surface area contributed by atoms with Crippen LogP contribution in [0.4, 0.5) is 5.82 Å². The van der Waals surface area contributed by atoms with Gasteiger partial charge in [0.15, 0.2) is 0 Å². The van der Waals surface area contributed by atoms with Crippen LogP contribution in [0.2, 0.25) is 0 Å². The number of amides is 1. The molecule has 0 saturated carbocycles. The molecule has 0 aliphatic carbocycles. The molecule has 1 aliphatic rings. The van der Waals surface area contributed by atoms with Gasteiger partial charge in [0.1, 0.15) is 17.0 Å². The van der Waals surface area contributed by atoms with Gasteiger partial charge in [-0.15, -0.1) is 16.4 Å². The number of nitrogens with zero attached hydrogens (tertiary/aromatic N) is 6. The Balaban J connectivity index is 1.48. The number of thiophene rings is 1. The molecule has 1 amide bonds. The van der Waals surface area contributed by atoms with Crippen molar-refractivity contribution in [1.82, 2.24) is 30.5 Å². The van der Waals surface area contributed by atoms with Gasteiger partial charge >= 0.3 is 0 Å². The molecule has 26 heavy (non-hydrogen) atoms. The van der Waals surface area contributed by atoms with Crippen LogP contribution in [-0.4, -0.2) is 44.2 Å². The van der Waals surface area contributed by atoms with Crippen LogP contribution < -0.4 is 10.2 Å². The Labute approximate surface area is 154 Å². The molecule has 134 valence electrons. The van der Waals surface area contributed by atoms with Crippen molar-refractivity contribution >= 4 is 23.1 Å². The van der Waals surface area contributed by atoms with E-state index in [0.717, 1.165) is 24.5 Å². The normalized spacial score (nSPS) is 14.4. The van der Waals surface area contributed by atoms with Crippen molar-refractivity contribution in [2.75, 3.05) is 18.0 Å². The fourth-order valence-electron chi connectivity index (χ4n) is 3.14. The van der Waals surface area contributed by atoms with Crippen molar-refractivity contribution in [3.05, 3.63) is 46.5 Å². The Morgan fingerprint density at radius 3 is 2.92 bits per heavy atom. The maximum atomic E-state index is 12.7. The summed E-state index contributed by atoms with van der Waals surface area (Å²) in [5, 5.41) is 16.0. The minimum absolute atomic E-state index is 0.140. The second-order valence-corrected chi connectivity index (χ2v) is 7.02. The predicted molar refractivity (Wildman–Crippen MR) is 98.5 cm³/mol. The third-order valence-corrected chi connectivity index (χ3v) is 5.31. The lowest BCUT2D eigenvalue weighted by molar-refractivity contribution is 0.0955. The standard InChI is InChI=1S/C17H19N7OS/c25-17(15-14(6-10-26-15)24-12-20-21-22-24)19-11-13-5-4-7-18-16(13)23-8-2-1-3-9-23/h4-7,10,12H,1-3,8-9,11H2,(H,19,25). The van der Waals surface area contributed by atoms with E-state index in [1.165, 1.54) is 41.6 Å². The van der Waals surface area contributed by atoms with Gasteiger partial charge in [0, 0.05) is 31.4 Å². The summed E-state index contributed by atoms with van der Waals surface area (Å²) in [6.45, 7) is 2.48. The van der Waals surface area contributed by atoms with E-state index in [1.54, 1.807) is 0 Å². The van der Waals surface area contributed by atoms with Crippen LogP contribution in [-0.2, 0) is 6.54 Å². The zero-order valence-corrected chi connectivity index (χ0v) is 15.0. The van der Waals surface area contributed by atoms with Gasteiger partial charge in [0.05, 0.1) is 5.69 Å². The van der Waals surface area contributed by atoms with Gasteiger partial charge in [-0.1, -0.05) is 6.07 Å². The fraction of sp³-hybridized carbons (Fsp3) is 0.353. The molecule has 1 saturated heterocycles. The Kier molecular flexibility index (Phi) is 4.87. The Hall–Kier alpha value is -2.81. The average molecular weight is 369 g/mol. The highest BCUT2D eigenvalue weighted by molar-refractivity contribution is 7.12. The average Bonchev–Trinajstić information content (AvgIpc) is 3.38. The molecular formula is C17H19N7OS. The number of carbonyl (C=O) groups is 1.